The highest BCUT2D eigenvalue weighted by Crippen LogP contribution is 2.34. The highest BCUT2D eigenvalue weighted by Gasteiger charge is 2.40. The first-order valence-electron chi connectivity index (χ1n) is 5.66. The molecule has 0 bridgehead atoms. The van der Waals surface area contributed by atoms with E-state index in [-0.39, 0.29) is 6.42 Å². The molecule has 0 aromatic carbocycles. The molecule has 1 aromatic heterocycles. The first kappa shape index (κ1) is 12.3. The summed E-state index contributed by atoms with van der Waals surface area (Å²) in [5.41, 5.74) is -0.134. The highest BCUT2D eigenvalue weighted by molar-refractivity contribution is 5.89. The summed E-state index contributed by atoms with van der Waals surface area (Å²) >= 11 is 0. The van der Waals surface area contributed by atoms with Crippen LogP contribution in [0.3, 0.4) is 0 Å². The van der Waals surface area contributed by atoms with Crippen LogP contribution in [0.2, 0.25) is 0 Å². The third kappa shape index (κ3) is 2.93. The minimum absolute atomic E-state index is 0.0499. The third-order valence-corrected chi connectivity index (χ3v) is 3.00. The van der Waals surface area contributed by atoms with E-state index in [1.807, 2.05) is 0 Å². The lowest BCUT2D eigenvalue weighted by Gasteiger charge is -2.41. The van der Waals surface area contributed by atoms with Crippen molar-refractivity contribution in [3.8, 4) is 0 Å². The van der Waals surface area contributed by atoms with Gasteiger partial charge >= 0.3 is 12.0 Å². The lowest BCUT2D eigenvalue weighted by molar-refractivity contribution is -0.139. The maximum Gasteiger partial charge on any atom is 0.319 e. The number of rotatable bonds is 4. The molecule has 1 aliphatic rings. The summed E-state index contributed by atoms with van der Waals surface area (Å²) in [7, 11) is 0. The van der Waals surface area contributed by atoms with Crippen molar-refractivity contribution in [3.05, 3.63) is 18.7 Å². The second-order valence-corrected chi connectivity index (χ2v) is 4.41. The fourth-order valence-corrected chi connectivity index (χ4v) is 2.01. The van der Waals surface area contributed by atoms with Gasteiger partial charge in [-0.1, -0.05) is 0 Å². The number of amides is 2. The summed E-state index contributed by atoms with van der Waals surface area (Å²) in [5.74, 6) is -0.905. The molecule has 1 saturated carbocycles. The number of carboxylic acids is 1. The molecular weight excluding hydrogens is 236 g/mol. The summed E-state index contributed by atoms with van der Waals surface area (Å²) in [6.07, 6.45) is 6.57. The SMILES string of the molecule is O=C(O)CC1(NC(=O)Nc2cncnc2)CCC1. The Morgan fingerprint density at radius 3 is 2.50 bits per heavy atom. The van der Waals surface area contributed by atoms with Gasteiger partial charge in [0.25, 0.3) is 0 Å². The van der Waals surface area contributed by atoms with Gasteiger partial charge in [0, 0.05) is 0 Å². The molecule has 1 heterocycles. The molecule has 1 fully saturated rings. The van der Waals surface area contributed by atoms with Crippen molar-refractivity contribution in [2.75, 3.05) is 5.32 Å². The van der Waals surface area contributed by atoms with Crippen LogP contribution in [0, 0.1) is 0 Å². The molecule has 0 atom stereocenters. The fourth-order valence-electron chi connectivity index (χ4n) is 2.01. The van der Waals surface area contributed by atoms with E-state index in [9.17, 15) is 9.59 Å². The summed E-state index contributed by atoms with van der Waals surface area (Å²) in [6, 6.07) is -0.425. The van der Waals surface area contributed by atoms with E-state index in [0.29, 0.717) is 18.5 Å². The highest BCUT2D eigenvalue weighted by atomic mass is 16.4. The van der Waals surface area contributed by atoms with Crippen molar-refractivity contribution in [1.82, 2.24) is 15.3 Å². The first-order chi connectivity index (χ1) is 8.60. The first-order valence-corrected chi connectivity index (χ1v) is 5.66. The van der Waals surface area contributed by atoms with Gasteiger partial charge in [-0.15, -0.1) is 0 Å². The normalized spacial score (nSPS) is 16.4. The Morgan fingerprint density at radius 1 is 1.33 bits per heavy atom. The predicted molar refractivity (Wildman–Crippen MR) is 63.0 cm³/mol. The van der Waals surface area contributed by atoms with E-state index in [0.717, 1.165) is 6.42 Å². The van der Waals surface area contributed by atoms with E-state index < -0.39 is 17.5 Å². The van der Waals surface area contributed by atoms with Crippen molar-refractivity contribution >= 4 is 17.7 Å². The average molecular weight is 250 g/mol. The number of aromatic nitrogens is 2. The Balaban J connectivity index is 1.92. The third-order valence-electron chi connectivity index (χ3n) is 3.00. The van der Waals surface area contributed by atoms with Gasteiger partial charge < -0.3 is 15.7 Å². The maximum atomic E-state index is 11.7. The molecule has 1 aromatic rings. The van der Waals surface area contributed by atoms with Crippen molar-refractivity contribution in [3.63, 3.8) is 0 Å². The number of carboxylic acid groups (broad SMARTS) is 1. The standard InChI is InChI=1S/C11H14N4O3/c16-9(17)4-11(2-1-3-11)15-10(18)14-8-5-12-7-13-6-8/h5-7H,1-4H2,(H,16,17)(H2,14,15,18). The van der Waals surface area contributed by atoms with Gasteiger partial charge in [-0.3, -0.25) is 4.79 Å². The van der Waals surface area contributed by atoms with Crippen LogP contribution < -0.4 is 10.6 Å². The van der Waals surface area contributed by atoms with E-state index in [1.165, 1.54) is 18.7 Å². The van der Waals surface area contributed by atoms with Crippen LogP contribution in [0.25, 0.3) is 0 Å². The van der Waals surface area contributed by atoms with Crippen molar-refractivity contribution in [2.24, 2.45) is 0 Å². The van der Waals surface area contributed by atoms with Crippen LogP contribution in [-0.2, 0) is 4.79 Å². The fraction of sp³-hybridized carbons (Fsp3) is 0.455. The molecule has 2 amide bonds. The number of hydrogen-bond donors (Lipinski definition) is 3. The zero-order valence-corrected chi connectivity index (χ0v) is 9.72. The maximum absolute atomic E-state index is 11.7. The lowest BCUT2D eigenvalue weighted by Crippen LogP contribution is -2.55. The molecule has 0 radical (unpaired) electrons. The van der Waals surface area contributed by atoms with Crippen LogP contribution >= 0.6 is 0 Å². The topological polar surface area (TPSA) is 104 Å². The summed E-state index contributed by atoms with van der Waals surface area (Å²) < 4.78 is 0. The van der Waals surface area contributed by atoms with E-state index in [2.05, 4.69) is 20.6 Å². The van der Waals surface area contributed by atoms with Gasteiger partial charge in [0.1, 0.15) is 6.33 Å². The number of anilines is 1. The molecule has 0 aliphatic heterocycles. The predicted octanol–water partition coefficient (Wildman–Crippen LogP) is 0.995. The Hall–Kier alpha value is -2.18. The largest absolute Gasteiger partial charge is 0.481 e. The van der Waals surface area contributed by atoms with Gasteiger partial charge in [-0.2, -0.15) is 0 Å². The van der Waals surface area contributed by atoms with Crippen molar-refractivity contribution in [2.45, 2.75) is 31.2 Å². The average Bonchev–Trinajstić information content (AvgIpc) is 2.26. The summed E-state index contributed by atoms with van der Waals surface area (Å²) in [6.45, 7) is 0. The molecule has 3 N–H and O–H groups in total. The molecule has 7 nitrogen and oxygen atoms in total. The van der Waals surface area contributed by atoms with Gasteiger partial charge in [0.15, 0.2) is 0 Å². The number of urea groups is 1. The zero-order valence-electron chi connectivity index (χ0n) is 9.72. The smallest absolute Gasteiger partial charge is 0.319 e. The molecule has 2 rings (SSSR count). The summed E-state index contributed by atoms with van der Waals surface area (Å²) in [4.78, 5) is 30.0. The molecule has 0 saturated heterocycles. The Labute approximate surface area is 104 Å². The quantitative estimate of drug-likeness (QED) is 0.739. The van der Waals surface area contributed by atoms with Crippen LogP contribution in [0.4, 0.5) is 10.5 Å². The number of aliphatic carboxylic acids is 1. The molecule has 7 heteroatoms. The second-order valence-electron chi connectivity index (χ2n) is 4.41. The van der Waals surface area contributed by atoms with E-state index in [4.69, 9.17) is 5.11 Å². The number of nitrogens with one attached hydrogen (secondary N) is 2. The van der Waals surface area contributed by atoms with Crippen LogP contribution in [0.15, 0.2) is 18.7 Å². The van der Waals surface area contributed by atoms with Crippen LogP contribution in [0.1, 0.15) is 25.7 Å². The number of carbonyl (C=O) groups is 2. The lowest BCUT2D eigenvalue weighted by atomic mass is 9.74. The molecule has 0 spiro atoms. The zero-order chi connectivity index (χ0) is 13.0. The summed E-state index contributed by atoms with van der Waals surface area (Å²) in [5, 5.41) is 14.1. The molecule has 0 unspecified atom stereocenters. The monoisotopic (exact) mass is 250 g/mol. The van der Waals surface area contributed by atoms with Crippen LogP contribution in [0.5, 0.6) is 0 Å². The van der Waals surface area contributed by atoms with Gasteiger partial charge in [0.05, 0.1) is 30.0 Å². The second kappa shape index (κ2) is 4.99. The van der Waals surface area contributed by atoms with Gasteiger partial charge in [-0.05, 0) is 19.3 Å². The Morgan fingerprint density at radius 2 is 2.00 bits per heavy atom. The molecule has 18 heavy (non-hydrogen) atoms. The molecular formula is C11H14N4O3. The van der Waals surface area contributed by atoms with Gasteiger partial charge in [0.2, 0.25) is 0 Å². The van der Waals surface area contributed by atoms with Gasteiger partial charge in [-0.25, -0.2) is 14.8 Å². The minimum atomic E-state index is -0.905. The van der Waals surface area contributed by atoms with Crippen LogP contribution in [-0.4, -0.2) is 32.6 Å². The Bertz CT molecular complexity index is 445. The molecule has 96 valence electrons. The number of hydrogen-bond acceptors (Lipinski definition) is 4. The minimum Gasteiger partial charge on any atom is -0.481 e. The van der Waals surface area contributed by atoms with Crippen molar-refractivity contribution < 1.29 is 14.7 Å². The van der Waals surface area contributed by atoms with Crippen molar-refractivity contribution in [1.29, 1.82) is 0 Å². The van der Waals surface area contributed by atoms with E-state index >= 15 is 0 Å². The number of carbonyl (C=O) groups excluding carboxylic acids is 1. The molecule has 1 aliphatic carbocycles. The van der Waals surface area contributed by atoms with E-state index in [1.54, 1.807) is 0 Å². The number of nitrogens with zero attached hydrogens (tertiary/aromatic N) is 2. The Kier molecular flexibility index (Phi) is 3.40.